The Morgan fingerprint density at radius 1 is 1.33 bits per heavy atom. The van der Waals surface area contributed by atoms with Crippen LogP contribution in [0.2, 0.25) is 0 Å². The minimum absolute atomic E-state index is 0. The summed E-state index contributed by atoms with van der Waals surface area (Å²) in [4.78, 5) is 11.5. The number of ether oxygens (including phenoxy) is 1. The summed E-state index contributed by atoms with van der Waals surface area (Å²) in [6.07, 6.45) is 6.61. The molecular formula is C13H27ClN2O2. The number of amides is 1. The molecule has 3 N–H and O–H groups in total. The lowest BCUT2D eigenvalue weighted by molar-refractivity contribution is -0.123. The zero-order valence-electron chi connectivity index (χ0n) is 11.5. The Hall–Kier alpha value is -0.320. The Balaban J connectivity index is 0.00000289. The van der Waals surface area contributed by atoms with E-state index in [2.05, 4.69) is 5.32 Å². The second-order valence-corrected chi connectivity index (χ2v) is 5.19. The molecule has 0 bridgehead atoms. The molecule has 0 aromatic rings. The van der Waals surface area contributed by atoms with Crippen LogP contribution in [-0.4, -0.2) is 31.2 Å². The van der Waals surface area contributed by atoms with Gasteiger partial charge in [-0.1, -0.05) is 33.1 Å². The maximum atomic E-state index is 11.5. The molecule has 18 heavy (non-hydrogen) atoms. The van der Waals surface area contributed by atoms with E-state index in [1.807, 2.05) is 13.8 Å². The van der Waals surface area contributed by atoms with Crippen molar-refractivity contribution < 1.29 is 9.53 Å². The van der Waals surface area contributed by atoms with Crippen molar-refractivity contribution in [2.24, 2.45) is 11.7 Å². The van der Waals surface area contributed by atoms with Crippen molar-refractivity contribution in [3.63, 3.8) is 0 Å². The molecule has 108 valence electrons. The molecule has 0 radical (unpaired) electrons. The highest BCUT2D eigenvalue weighted by Gasteiger charge is 2.17. The normalized spacial score (nSPS) is 18.2. The van der Waals surface area contributed by atoms with Crippen LogP contribution in [0.5, 0.6) is 0 Å². The van der Waals surface area contributed by atoms with E-state index < -0.39 is 6.04 Å². The number of hydrogen-bond donors (Lipinski definition) is 2. The third-order valence-electron chi connectivity index (χ3n) is 3.33. The first-order valence-electron chi connectivity index (χ1n) is 6.76. The number of hydrogen-bond acceptors (Lipinski definition) is 3. The largest absolute Gasteiger partial charge is 0.376 e. The Labute approximate surface area is 116 Å². The van der Waals surface area contributed by atoms with Crippen LogP contribution < -0.4 is 11.1 Å². The van der Waals surface area contributed by atoms with Gasteiger partial charge in [0.1, 0.15) is 0 Å². The van der Waals surface area contributed by atoms with Gasteiger partial charge in [-0.15, -0.1) is 12.4 Å². The summed E-state index contributed by atoms with van der Waals surface area (Å²) in [7, 11) is 0. The first-order valence-corrected chi connectivity index (χ1v) is 6.76. The predicted octanol–water partition coefficient (Wildman–Crippen LogP) is 1.86. The first-order chi connectivity index (χ1) is 8.11. The van der Waals surface area contributed by atoms with Crippen LogP contribution in [0.25, 0.3) is 0 Å². The molecule has 0 saturated heterocycles. The summed E-state index contributed by atoms with van der Waals surface area (Å²) < 4.78 is 5.72. The number of carbonyl (C=O) groups is 1. The zero-order chi connectivity index (χ0) is 12.7. The third kappa shape index (κ3) is 6.57. The Kier molecular flexibility index (Phi) is 9.42. The molecule has 0 aliphatic heterocycles. The van der Waals surface area contributed by atoms with E-state index in [0.29, 0.717) is 19.3 Å². The summed E-state index contributed by atoms with van der Waals surface area (Å²) in [5.41, 5.74) is 5.73. The first kappa shape index (κ1) is 17.7. The van der Waals surface area contributed by atoms with E-state index in [9.17, 15) is 4.79 Å². The van der Waals surface area contributed by atoms with Gasteiger partial charge in [0, 0.05) is 6.54 Å². The van der Waals surface area contributed by atoms with E-state index in [1.54, 1.807) is 0 Å². The van der Waals surface area contributed by atoms with Crippen molar-refractivity contribution in [1.29, 1.82) is 0 Å². The molecule has 0 spiro atoms. The molecule has 1 fully saturated rings. The standard InChI is InChI=1S/C13H26N2O2.ClH/c1-10(2)12(14)13(16)15-8-9-17-11-6-4-3-5-7-11;/h10-12H,3-9,14H2,1-2H3,(H,15,16);1H. The van der Waals surface area contributed by atoms with Crippen molar-refractivity contribution in [3.05, 3.63) is 0 Å². The number of carbonyl (C=O) groups excluding carboxylic acids is 1. The molecule has 0 aromatic heterocycles. The van der Waals surface area contributed by atoms with Gasteiger partial charge in [-0.2, -0.15) is 0 Å². The highest BCUT2D eigenvalue weighted by atomic mass is 35.5. The van der Waals surface area contributed by atoms with Crippen molar-refractivity contribution >= 4 is 18.3 Å². The fourth-order valence-corrected chi connectivity index (χ4v) is 2.05. The molecule has 1 aliphatic carbocycles. The molecule has 1 atom stereocenters. The van der Waals surface area contributed by atoms with Crippen molar-refractivity contribution in [3.8, 4) is 0 Å². The van der Waals surface area contributed by atoms with Crippen LogP contribution in [0, 0.1) is 5.92 Å². The monoisotopic (exact) mass is 278 g/mol. The second kappa shape index (κ2) is 9.59. The van der Waals surface area contributed by atoms with E-state index in [4.69, 9.17) is 10.5 Å². The van der Waals surface area contributed by atoms with Crippen molar-refractivity contribution in [1.82, 2.24) is 5.32 Å². The molecule has 1 rings (SSSR count). The smallest absolute Gasteiger partial charge is 0.237 e. The highest BCUT2D eigenvalue weighted by molar-refractivity contribution is 5.85. The Bertz CT molecular complexity index is 231. The van der Waals surface area contributed by atoms with E-state index in [-0.39, 0.29) is 24.2 Å². The lowest BCUT2D eigenvalue weighted by atomic mass is 9.98. The summed E-state index contributed by atoms with van der Waals surface area (Å²) in [6, 6.07) is -0.412. The summed E-state index contributed by atoms with van der Waals surface area (Å²) >= 11 is 0. The minimum Gasteiger partial charge on any atom is -0.376 e. The number of nitrogens with two attached hydrogens (primary N) is 1. The molecule has 4 nitrogen and oxygen atoms in total. The number of halogens is 1. The fourth-order valence-electron chi connectivity index (χ4n) is 2.05. The van der Waals surface area contributed by atoms with Crippen molar-refractivity contribution in [2.45, 2.75) is 58.1 Å². The lowest BCUT2D eigenvalue weighted by Gasteiger charge is -2.22. The second-order valence-electron chi connectivity index (χ2n) is 5.19. The van der Waals surface area contributed by atoms with E-state index in [0.717, 1.165) is 0 Å². The quantitative estimate of drug-likeness (QED) is 0.729. The maximum Gasteiger partial charge on any atom is 0.237 e. The van der Waals surface area contributed by atoms with Crippen LogP contribution in [0.1, 0.15) is 46.0 Å². The summed E-state index contributed by atoms with van der Waals surface area (Å²) in [5.74, 6) is 0.0986. The molecule has 0 heterocycles. The van der Waals surface area contributed by atoms with Gasteiger partial charge >= 0.3 is 0 Å². The van der Waals surface area contributed by atoms with Gasteiger partial charge in [0.15, 0.2) is 0 Å². The lowest BCUT2D eigenvalue weighted by Crippen LogP contribution is -2.45. The van der Waals surface area contributed by atoms with Gasteiger partial charge in [0.25, 0.3) is 0 Å². The number of rotatable bonds is 6. The van der Waals surface area contributed by atoms with Crippen LogP contribution >= 0.6 is 12.4 Å². The zero-order valence-corrected chi connectivity index (χ0v) is 12.3. The van der Waals surface area contributed by atoms with Gasteiger partial charge in [0.05, 0.1) is 18.8 Å². The van der Waals surface area contributed by atoms with Gasteiger partial charge in [0.2, 0.25) is 5.91 Å². The topological polar surface area (TPSA) is 64.4 Å². The van der Waals surface area contributed by atoms with Gasteiger partial charge < -0.3 is 15.8 Å². The molecule has 1 unspecified atom stereocenters. The molecule has 0 aromatic carbocycles. The van der Waals surface area contributed by atoms with E-state index in [1.165, 1.54) is 32.1 Å². The van der Waals surface area contributed by atoms with Gasteiger partial charge in [-0.25, -0.2) is 0 Å². The van der Waals surface area contributed by atoms with Gasteiger partial charge in [-0.05, 0) is 18.8 Å². The molecule has 1 aliphatic rings. The van der Waals surface area contributed by atoms with Crippen LogP contribution in [-0.2, 0) is 9.53 Å². The average Bonchev–Trinajstić information content (AvgIpc) is 2.34. The minimum atomic E-state index is -0.412. The Morgan fingerprint density at radius 3 is 2.50 bits per heavy atom. The Morgan fingerprint density at radius 2 is 1.94 bits per heavy atom. The molecule has 1 amide bonds. The SMILES string of the molecule is CC(C)C(N)C(=O)NCCOC1CCCCC1.Cl. The summed E-state index contributed by atoms with van der Waals surface area (Å²) in [5, 5.41) is 2.81. The molecular weight excluding hydrogens is 252 g/mol. The van der Waals surface area contributed by atoms with Gasteiger partial charge in [-0.3, -0.25) is 4.79 Å². The summed E-state index contributed by atoms with van der Waals surface area (Å²) in [6.45, 7) is 5.06. The van der Waals surface area contributed by atoms with Crippen molar-refractivity contribution in [2.75, 3.05) is 13.2 Å². The fraction of sp³-hybridized carbons (Fsp3) is 0.923. The highest BCUT2D eigenvalue weighted by Crippen LogP contribution is 2.19. The molecule has 1 saturated carbocycles. The van der Waals surface area contributed by atoms with Crippen LogP contribution in [0.3, 0.4) is 0 Å². The van der Waals surface area contributed by atoms with E-state index >= 15 is 0 Å². The van der Waals surface area contributed by atoms with Crippen LogP contribution in [0.4, 0.5) is 0 Å². The third-order valence-corrected chi connectivity index (χ3v) is 3.33. The predicted molar refractivity (Wildman–Crippen MR) is 75.9 cm³/mol. The average molecular weight is 279 g/mol. The van der Waals surface area contributed by atoms with Crippen LogP contribution in [0.15, 0.2) is 0 Å². The molecule has 5 heteroatoms. The number of nitrogens with one attached hydrogen (secondary N) is 1. The maximum absolute atomic E-state index is 11.5.